The van der Waals surface area contributed by atoms with Crippen LogP contribution in [0.2, 0.25) is 0 Å². The zero-order valence-corrected chi connectivity index (χ0v) is 11.9. The van der Waals surface area contributed by atoms with Crippen LogP contribution in [0.15, 0.2) is 29.2 Å². The summed E-state index contributed by atoms with van der Waals surface area (Å²) in [4.78, 5) is 12.8. The molecule has 1 amide bonds. The zero-order chi connectivity index (χ0) is 14.6. The Bertz CT molecular complexity index is 459. The Balaban J connectivity index is 2.00. The molecule has 110 valence electrons. The van der Waals surface area contributed by atoms with E-state index in [1.807, 2.05) is 0 Å². The van der Waals surface area contributed by atoms with Crippen molar-refractivity contribution in [1.82, 2.24) is 0 Å². The number of hydrogen-bond acceptors (Lipinski definition) is 3. The van der Waals surface area contributed by atoms with Crippen LogP contribution in [-0.4, -0.2) is 18.2 Å². The van der Waals surface area contributed by atoms with E-state index in [9.17, 15) is 13.6 Å². The molecule has 0 aliphatic heterocycles. The lowest BCUT2D eigenvalue weighted by atomic mass is 9.85. The highest BCUT2D eigenvalue weighted by Crippen LogP contribution is 2.38. The number of halogens is 2. The predicted octanol–water partition coefficient (Wildman–Crippen LogP) is 3.46. The Morgan fingerprint density at radius 3 is 2.40 bits per heavy atom. The van der Waals surface area contributed by atoms with Crippen molar-refractivity contribution in [1.29, 1.82) is 0 Å². The van der Waals surface area contributed by atoms with E-state index in [1.54, 1.807) is 24.3 Å². The Morgan fingerprint density at radius 2 is 1.90 bits per heavy atom. The van der Waals surface area contributed by atoms with Crippen molar-refractivity contribution in [2.45, 2.75) is 36.3 Å². The third kappa shape index (κ3) is 3.49. The van der Waals surface area contributed by atoms with E-state index in [1.165, 1.54) is 0 Å². The van der Waals surface area contributed by atoms with Crippen molar-refractivity contribution in [3.63, 3.8) is 0 Å². The Hall–Kier alpha value is -1.14. The lowest BCUT2D eigenvalue weighted by Crippen LogP contribution is -2.40. The zero-order valence-electron chi connectivity index (χ0n) is 11.1. The maximum absolute atomic E-state index is 12.3. The first-order chi connectivity index (χ1) is 9.55. The number of anilines is 1. The molecule has 0 radical (unpaired) electrons. The second-order valence-electron chi connectivity index (χ2n) is 5.05. The molecule has 2 rings (SSSR count). The third-order valence-electron chi connectivity index (χ3n) is 3.77. The molecule has 1 fully saturated rings. The van der Waals surface area contributed by atoms with Gasteiger partial charge in [-0.3, -0.25) is 4.79 Å². The molecule has 0 aromatic heterocycles. The fourth-order valence-corrected chi connectivity index (χ4v) is 3.06. The molecule has 0 atom stereocenters. The minimum Gasteiger partial charge on any atom is -0.329 e. The van der Waals surface area contributed by atoms with Gasteiger partial charge in [0.25, 0.3) is 5.76 Å². The molecular weight excluding hydrogens is 282 g/mol. The molecule has 0 saturated heterocycles. The predicted molar refractivity (Wildman–Crippen MR) is 76.9 cm³/mol. The average molecular weight is 300 g/mol. The van der Waals surface area contributed by atoms with Crippen LogP contribution in [0.1, 0.15) is 25.7 Å². The van der Waals surface area contributed by atoms with Gasteiger partial charge in [-0.15, -0.1) is 0 Å². The maximum atomic E-state index is 12.3. The number of rotatable bonds is 5. The van der Waals surface area contributed by atoms with Crippen molar-refractivity contribution in [3.8, 4) is 0 Å². The van der Waals surface area contributed by atoms with Crippen LogP contribution in [0, 0.1) is 5.41 Å². The number of alkyl halides is 2. The van der Waals surface area contributed by atoms with E-state index in [0.717, 1.165) is 25.7 Å². The van der Waals surface area contributed by atoms with Gasteiger partial charge in [-0.05, 0) is 37.1 Å². The van der Waals surface area contributed by atoms with E-state index in [-0.39, 0.29) is 5.91 Å². The van der Waals surface area contributed by atoms with Gasteiger partial charge in [0.1, 0.15) is 0 Å². The van der Waals surface area contributed by atoms with Crippen LogP contribution in [0.25, 0.3) is 0 Å². The van der Waals surface area contributed by atoms with Gasteiger partial charge >= 0.3 is 0 Å². The van der Waals surface area contributed by atoms with Crippen LogP contribution >= 0.6 is 11.8 Å². The summed E-state index contributed by atoms with van der Waals surface area (Å²) in [6.45, 7) is 0.345. The first kappa shape index (κ1) is 15.3. The lowest BCUT2D eigenvalue weighted by Gasteiger charge is -2.25. The van der Waals surface area contributed by atoms with Gasteiger partial charge in [-0.25, -0.2) is 0 Å². The summed E-state index contributed by atoms with van der Waals surface area (Å²) in [7, 11) is 0. The molecule has 1 aliphatic carbocycles. The summed E-state index contributed by atoms with van der Waals surface area (Å²) in [5.41, 5.74) is 5.91. The third-order valence-corrected chi connectivity index (χ3v) is 4.49. The van der Waals surface area contributed by atoms with Gasteiger partial charge in [0.05, 0.1) is 5.41 Å². The van der Waals surface area contributed by atoms with E-state index in [0.29, 0.717) is 28.9 Å². The summed E-state index contributed by atoms with van der Waals surface area (Å²) in [5.74, 6) is -2.50. The summed E-state index contributed by atoms with van der Waals surface area (Å²) in [6.07, 6.45) is 3.67. The fraction of sp³-hybridized carbons (Fsp3) is 0.500. The molecule has 20 heavy (non-hydrogen) atoms. The molecule has 1 aromatic carbocycles. The highest BCUT2D eigenvalue weighted by Gasteiger charge is 2.39. The topological polar surface area (TPSA) is 55.1 Å². The first-order valence-electron chi connectivity index (χ1n) is 6.62. The molecular formula is C14H18F2N2OS. The SMILES string of the molecule is NCC1(C(=O)Nc2ccc(SC(F)F)cc2)CCCC1. The van der Waals surface area contributed by atoms with Crippen LogP contribution in [0.4, 0.5) is 14.5 Å². The minimum atomic E-state index is -2.44. The number of amides is 1. The van der Waals surface area contributed by atoms with Gasteiger partial charge in [0, 0.05) is 17.1 Å². The van der Waals surface area contributed by atoms with Gasteiger partial charge < -0.3 is 11.1 Å². The first-order valence-corrected chi connectivity index (χ1v) is 7.50. The number of hydrogen-bond donors (Lipinski definition) is 2. The average Bonchev–Trinajstić information content (AvgIpc) is 2.90. The number of carbonyl (C=O) groups is 1. The standard InChI is InChI=1S/C14H18F2N2OS/c15-13(16)20-11-5-3-10(4-6-11)18-12(19)14(9-17)7-1-2-8-14/h3-6,13H,1-2,7-9,17H2,(H,18,19). The normalized spacial score (nSPS) is 17.4. The molecule has 1 aliphatic rings. The highest BCUT2D eigenvalue weighted by atomic mass is 32.2. The molecule has 0 bridgehead atoms. The van der Waals surface area contributed by atoms with Crippen molar-refractivity contribution < 1.29 is 13.6 Å². The molecule has 0 spiro atoms. The molecule has 6 heteroatoms. The van der Waals surface area contributed by atoms with E-state index in [4.69, 9.17) is 5.73 Å². The van der Waals surface area contributed by atoms with Gasteiger partial charge in [0.2, 0.25) is 5.91 Å². The largest absolute Gasteiger partial charge is 0.329 e. The summed E-state index contributed by atoms with van der Waals surface area (Å²) < 4.78 is 24.4. The highest BCUT2D eigenvalue weighted by molar-refractivity contribution is 7.99. The van der Waals surface area contributed by atoms with Crippen LogP contribution in [0.3, 0.4) is 0 Å². The van der Waals surface area contributed by atoms with E-state index >= 15 is 0 Å². The van der Waals surface area contributed by atoms with E-state index < -0.39 is 11.2 Å². The quantitative estimate of drug-likeness (QED) is 0.819. The Labute approximate surface area is 121 Å². The molecule has 1 saturated carbocycles. The lowest BCUT2D eigenvalue weighted by molar-refractivity contribution is -0.124. The van der Waals surface area contributed by atoms with Gasteiger partial charge in [-0.2, -0.15) is 8.78 Å². The van der Waals surface area contributed by atoms with Crippen molar-refractivity contribution in [2.24, 2.45) is 11.1 Å². The second kappa shape index (κ2) is 6.54. The smallest absolute Gasteiger partial charge is 0.288 e. The molecule has 0 unspecified atom stereocenters. The molecule has 3 nitrogen and oxygen atoms in total. The number of carbonyl (C=O) groups excluding carboxylic acids is 1. The van der Waals surface area contributed by atoms with E-state index in [2.05, 4.69) is 5.32 Å². The number of thioether (sulfide) groups is 1. The van der Waals surface area contributed by atoms with Crippen LogP contribution in [0.5, 0.6) is 0 Å². The van der Waals surface area contributed by atoms with Crippen molar-refractivity contribution >= 4 is 23.4 Å². The maximum Gasteiger partial charge on any atom is 0.288 e. The molecule has 1 aromatic rings. The molecule has 0 heterocycles. The summed E-state index contributed by atoms with van der Waals surface area (Å²) in [6, 6.07) is 6.44. The Kier molecular flexibility index (Phi) is 4.99. The summed E-state index contributed by atoms with van der Waals surface area (Å²) in [5, 5.41) is 2.84. The fourth-order valence-electron chi connectivity index (χ4n) is 2.56. The monoisotopic (exact) mass is 300 g/mol. The minimum absolute atomic E-state index is 0.0632. The van der Waals surface area contributed by atoms with Crippen molar-refractivity contribution in [2.75, 3.05) is 11.9 Å². The Morgan fingerprint density at radius 1 is 1.30 bits per heavy atom. The number of nitrogens with two attached hydrogens (primary N) is 1. The van der Waals surface area contributed by atoms with Gasteiger partial charge in [-0.1, -0.05) is 24.6 Å². The van der Waals surface area contributed by atoms with Gasteiger partial charge in [0.15, 0.2) is 0 Å². The van der Waals surface area contributed by atoms with Crippen molar-refractivity contribution in [3.05, 3.63) is 24.3 Å². The second-order valence-corrected chi connectivity index (χ2v) is 6.11. The number of benzene rings is 1. The summed E-state index contributed by atoms with van der Waals surface area (Å²) >= 11 is 0.489. The molecule has 3 N–H and O–H groups in total. The van der Waals surface area contributed by atoms with Crippen LogP contribution < -0.4 is 11.1 Å². The number of nitrogens with one attached hydrogen (secondary N) is 1. The van der Waals surface area contributed by atoms with Crippen LogP contribution in [-0.2, 0) is 4.79 Å².